The summed E-state index contributed by atoms with van der Waals surface area (Å²) in [4.78, 5) is 2.39. The van der Waals surface area contributed by atoms with Crippen molar-refractivity contribution in [2.24, 2.45) is 0 Å². The number of rotatable bonds is 3. The Kier molecular flexibility index (Phi) is 4.86. The number of nitrogens with zero attached hydrogens (tertiary/aromatic N) is 2. The van der Waals surface area contributed by atoms with Crippen LogP contribution in [0.1, 0.15) is 19.8 Å². The summed E-state index contributed by atoms with van der Waals surface area (Å²) in [5.74, 6) is 0. The van der Waals surface area contributed by atoms with E-state index in [1.54, 1.807) is 0 Å². The van der Waals surface area contributed by atoms with E-state index in [0.717, 1.165) is 0 Å². The maximum absolute atomic E-state index is 2.39. The zero-order chi connectivity index (χ0) is 7.40. The third-order valence-electron chi connectivity index (χ3n) is 1.90. The number of hydrogen-bond donors (Lipinski definition) is 0. The Morgan fingerprint density at radius 2 is 2.27 bits per heavy atom. The van der Waals surface area contributed by atoms with Gasteiger partial charge in [0.05, 0.1) is 13.6 Å². The van der Waals surface area contributed by atoms with E-state index >= 15 is 0 Å². The van der Waals surface area contributed by atoms with Crippen molar-refractivity contribution < 1.29 is 10.1 Å². The number of unbranched alkanes of at least 4 members (excludes halogenated alkanes) is 1. The van der Waals surface area contributed by atoms with Gasteiger partial charge in [0, 0.05) is 0 Å². The summed E-state index contributed by atoms with van der Waals surface area (Å²) in [6.45, 7) is 5.89. The van der Waals surface area contributed by atoms with E-state index < -0.39 is 0 Å². The smallest absolute Gasteiger partial charge is 0.234 e. The molecule has 0 radical (unpaired) electrons. The molecular weight excluding hydrogens is 140 g/mol. The molecule has 0 saturated heterocycles. The summed E-state index contributed by atoms with van der Waals surface area (Å²) in [5.41, 5.74) is 0. The molecule has 0 spiro atoms. The molecule has 0 aromatic rings. The highest BCUT2D eigenvalue weighted by Crippen LogP contribution is 1.95. The fraction of sp³-hybridized carbons (Fsp3) is 0.875. The van der Waals surface area contributed by atoms with Crippen LogP contribution < -0.4 is 0 Å². The first-order valence-electron chi connectivity index (χ1n) is 4.12. The predicted molar refractivity (Wildman–Crippen MR) is 45.5 cm³/mol. The van der Waals surface area contributed by atoms with Gasteiger partial charge in [0.2, 0.25) is 6.34 Å². The first-order valence-corrected chi connectivity index (χ1v) is 4.12. The fourth-order valence-corrected chi connectivity index (χ4v) is 1.21. The lowest BCUT2D eigenvalue weighted by Gasteiger charge is -2.03. The van der Waals surface area contributed by atoms with Crippen molar-refractivity contribution in [3.8, 4) is 0 Å². The molecule has 0 atom stereocenters. The molecule has 66 valence electrons. The van der Waals surface area contributed by atoms with Gasteiger partial charge in [0.25, 0.3) is 0 Å². The van der Waals surface area contributed by atoms with Crippen LogP contribution in [-0.4, -0.2) is 48.0 Å². The topological polar surface area (TPSA) is 36.2 Å². The zero-order valence-corrected chi connectivity index (χ0v) is 7.45. The molecule has 1 aliphatic heterocycles. The fourth-order valence-electron chi connectivity index (χ4n) is 1.21. The van der Waals surface area contributed by atoms with Crippen LogP contribution in [0, 0.1) is 0 Å². The third-order valence-corrected chi connectivity index (χ3v) is 1.90. The lowest BCUT2D eigenvalue weighted by Crippen LogP contribution is -2.20. The third kappa shape index (κ3) is 3.37. The number of likely N-dealkylation sites (N-methyl/N-ethyl adjacent to an activating group) is 1. The largest absolute Gasteiger partial charge is 0.870 e. The summed E-state index contributed by atoms with van der Waals surface area (Å²) < 4.78 is 2.25. The Balaban J connectivity index is 0.000001000. The average Bonchev–Trinajstić information content (AvgIpc) is 2.31. The molecular formula is C8H18N2O. The Morgan fingerprint density at radius 1 is 1.55 bits per heavy atom. The summed E-state index contributed by atoms with van der Waals surface area (Å²) >= 11 is 0. The van der Waals surface area contributed by atoms with E-state index in [1.165, 1.54) is 32.5 Å². The molecule has 1 heterocycles. The summed E-state index contributed by atoms with van der Waals surface area (Å²) in [5, 5.41) is 0. The molecule has 11 heavy (non-hydrogen) atoms. The van der Waals surface area contributed by atoms with Crippen LogP contribution in [0.5, 0.6) is 0 Å². The Bertz CT molecular complexity index is 134. The van der Waals surface area contributed by atoms with Crippen molar-refractivity contribution >= 4 is 6.34 Å². The first-order chi connectivity index (χ1) is 4.83. The van der Waals surface area contributed by atoms with E-state index in [0.29, 0.717) is 0 Å². The molecule has 0 saturated carbocycles. The van der Waals surface area contributed by atoms with E-state index in [9.17, 15) is 0 Å². The quantitative estimate of drug-likeness (QED) is 0.564. The highest BCUT2D eigenvalue weighted by atomic mass is 16.0. The van der Waals surface area contributed by atoms with E-state index in [-0.39, 0.29) is 5.48 Å². The van der Waals surface area contributed by atoms with Crippen molar-refractivity contribution in [3.63, 3.8) is 0 Å². The molecule has 0 bridgehead atoms. The Hall–Kier alpha value is -0.570. The van der Waals surface area contributed by atoms with Crippen LogP contribution in [0.15, 0.2) is 0 Å². The van der Waals surface area contributed by atoms with Gasteiger partial charge in [-0.2, -0.15) is 0 Å². The van der Waals surface area contributed by atoms with Crippen molar-refractivity contribution in [1.29, 1.82) is 0 Å². The summed E-state index contributed by atoms with van der Waals surface area (Å²) in [6, 6.07) is 0. The molecule has 1 aliphatic rings. The van der Waals surface area contributed by atoms with Gasteiger partial charge in [-0.1, -0.05) is 13.3 Å². The van der Waals surface area contributed by atoms with Crippen molar-refractivity contribution in [3.05, 3.63) is 0 Å². The second kappa shape index (κ2) is 5.13. The van der Waals surface area contributed by atoms with Gasteiger partial charge >= 0.3 is 0 Å². The van der Waals surface area contributed by atoms with Gasteiger partial charge in [-0.05, 0) is 6.42 Å². The van der Waals surface area contributed by atoms with Crippen molar-refractivity contribution in [1.82, 2.24) is 4.90 Å². The van der Waals surface area contributed by atoms with E-state index in [4.69, 9.17) is 0 Å². The molecule has 1 rings (SSSR count). The second-order valence-corrected chi connectivity index (χ2v) is 2.99. The minimum atomic E-state index is 0. The van der Waals surface area contributed by atoms with Crippen molar-refractivity contribution in [2.45, 2.75) is 19.8 Å². The average molecular weight is 158 g/mol. The molecule has 0 aliphatic carbocycles. The maximum Gasteiger partial charge on any atom is 0.234 e. The highest BCUT2D eigenvalue weighted by Gasteiger charge is 2.14. The predicted octanol–water partition coefficient (Wildman–Crippen LogP) is 0.596. The zero-order valence-electron chi connectivity index (χ0n) is 7.45. The van der Waals surface area contributed by atoms with Crippen LogP contribution in [0.3, 0.4) is 0 Å². The van der Waals surface area contributed by atoms with Gasteiger partial charge in [0.1, 0.15) is 13.1 Å². The Morgan fingerprint density at radius 3 is 2.73 bits per heavy atom. The van der Waals surface area contributed by atoms with Crippen LogP contribution >= 0.6 is 0 Å². The van der Waals surface area contributed by atoms with Crippen LogP contribution in [0.2, 0.25) is 0 Å². The summed E-state index contributed by atoms with van der Waals surface area (Å²) in [6.07, 6.45) is 4.84. The van der Waals surface area contributed by atoms with Gasteiger partial charge in [-0.15, -0.1) is 0 Å². The maximum atomic E-state index is 2.39. The normalized spacial score (nSPS) is 16.2. The molecule has 0 aromatic carbocycles. The number of hydrogen-bond acceptors (Lipinski definition) is 2. The summed E-state index contributed by atoms with van der Waals surface area (Å²) in [7, 11) is 2.13. The van der Waals surface area contributed by atoms with Gasteiger partial charge < -0.3 is 5.48 Å². The monoisotopic (exact) mass is 158 g/mol. The van der Waals surface area contributed by atoms with Crippen LogP contribution in [-0.2, 0) is 0 Å². The molecule has 3 nitrogen and oxygen atoms in total. The molecule has 0 fully saturated rings. The van der Waals surface area contributed by atoms with Gasteiger partial charge in [0.15, 0.2) is 0 Å². The first kappa shape index (κ1) is 10.4. The molecule has 0 aromatic heterocycles. The minimum Gasteiger partial charge on any atom is -0.870 e. The van der Waals surface area contributed by atoms with Crippen LogP contribution in [0.25, 0.3) is 0 Å². The van der Waals surface area contributed by atoms with Gasteiger partial charge in [-0.25, -0.2) is 0 Å². The lowest BCUT2D eigenvalue weighted by molar-refractivity contribution is -0.482. The van der Waals surface area contributed by atoms with E-state index in [1.807, 2.05) is 0 Å². The molecule has 0 unspecified atom stereocenters. The molecule has 1 N–H and O–H groups in total. The second-order valence-electron chi connectivity index (χ2n) is 2.99. The van der Waals surface area contributed by atoms with E-state index in [2.05, 4.69) is 29.8 Å². The lowest BCUT2D eigenvalue weighted by atomic mass is 10.3. The standard InChI is InChI=1S/C8H17N2.H2O/c1-3-4-5-10-7-6-9(2)8-10;/h8H,3-7H2,1-2H3;1H2/q+1;/p-1. The van der Waals surface area contributed by atoms with Crippen molar-refractivity contribution in [2.75, 3.05) is 26.7 Å². The molecule has 0 amide bonds. The molecule has 3 heteroatoms. The van der Waals surface area contributed by atoms with Crippen LogP contribution in [0.4, 0.5) is 0 Å². The minimum absolute atomic E-state index is 0. The SMILES string of the molecule is CCCCN1C=[N+](C)CC1.[OH-]. The van der Waals surface area contributed by atoms with Gasteiger partial charge in [-0.3, -0.25) is 9.48 Å². The highest BCUT2D eigenvalue weighted by molar-refractivity contribution is 5.50. The Labute approximate surface area is 68.6 Å².